The predicted molar refractivity (Wildman–Crippen MR) is 68.8 cm³/mol. The average Bonchev–Trinajstić information content (AvgIpc) is 2.76. The van der Waals surface area contributed by atoms with Gasteiger partial charge in [0.05, 0.1) is 18.2 Å². The van der Waals surface area contributed by atoms with Crippen LogP contribution in [-0.2, 0) is 11.2 Å². The van der Waals surface area contributed by atoms with Crippen LogP contribution in [0.3, 0.4) is 0 Å². The van der Waals surface area contributed by atoms with Crippen molar-refractivity contribution in [2.45, 2.75) is 58.5 Å². The molecule has 96 valence electrons. The van der Waals surface area contributed by atoms with Crippen LogP contribution in [0.2, 0.25) is 0 Å². The zero-order chi connectivity index (χ0) is 12.8. The largest absolute Gasteiger partial charge is 0.321 e. The molecule has 1 rings (SSSR count). The van der Waals surface area contributed by atoms with Crippen molar-refractivity contribution in [2.24, 2.45) is 5.73 Å². The molecule has 1 heterocycles. The number of Topliss-reactive ketones (excluding diaryl/α,β-unsaturated/α-hetero) is 1. The molecule has 0 aliphatic carbocycles. The van der Waals surface area contributed by atoms with E-state index in [2.05, 4.69) is 18.9 Å². The van der Waals surface area contributed by atoms with Crippen LogP contribution < -0.4 is 5.73 Å². The second kappa shape index (κ2) is 6.55. The minimum absolute atomic E-state index is 0.0845. The minimum atomic E-state index is -0.339. The molecule has 2 unspecified atom stereocenters. The van der Waals surface area contributed by atoms with E-state index in [-0.39, 0.29) is 11.8 Å². The molecule has 17 heavy (non-hydrogen) atoms. The Balaban J connectivity index is 2.57. The summed E-state index contributed by atoms with van der Waals surface area (Å²) in [7, 11) is 0. The Kier molecular flexibility index (Phi) is 5.35. The molecule has 0 saturated carbocycles. The molecule has 0 aliphatic heterocycles. The summed E-state index contributed by atoms with van der Waals surface area (Å²) >= 11 is 0. The van der Waals surface area contributed by atoms with Gasteiger partial charge >= 0.3 is 0 Å². The maximum Gasteiger partial charge on any atom is 0.155 e. The van der Waals surface area contributed by atoms with Crippen molar-refractivity contribution in [3.8, 4) is 0 Å². The smallest absolute Gasteiger partial charge is 0.155 e. The Morgan fingerprint density at radius 2 is 2.24 bits per heavy atom. The molecule has 0 spiro atoms. The number of hydrogen-bond donors (Lipinski definition) is 1. The highest BCUT2D eigenvalue weighted by Gasteiger charge is 2.14. The van der Waals surface area contributed by atoms with Crippen LogP contribution in [0.15, 0.2) is 12.3 Å². The first-order valence-electron chi connectivity index (χ1n) is 6.40. The second-order valence-corrected chi connectivity index (χ2v) is 4.58. The van der Waals surface area contributed by atoms with Gasteiger partial charge in [0.2, 0.25) is 0 Å². The molecular formula is C13H23N3O. The van der Waals surface area contributed by atoms with Gasteiger partial charge in [0.1, 0.15) is 0 Å². The quantitative estimate of drug-likeness (QED) is 0.790. The fraction of sp³-hybridized carbons (Fsp3) is 0.692. The lowest BCUT2D eigenvalue weighted by Crippen LogP contribution is -2.31. The van der Waals surface area contributed by atoms with E-state index in [0.717, 1.165) is 25.0 Å². The maximum atomic E-state index is 11.8. The zero-order valence-corrected chi connectivity index (χ0v) is 11.0. The number of ketones is 1. The third-order valence-electron chi connectivity index (χ3n) is 3.07. The van der Waals surface area contributed by atoms with Crippen LogP contribution in [0.1, 0.15) is 51.8 Å². The van der Waals surface area contributed by atoms with Crippen molar-refractivity contribution in [3.05, 3.63) is 18.0 Å². The van der Waals surface area contributed by atoms with E-state index in [0.29, 0.717) is 12.5 Å². The van der Waals surface area contributed by atoms with Gasteiger partial charge < -0.3 is 5.73 Å². The van der Waals surface area contributed by atoms with Crippen molar-refractivity contribution < 1.29 is 4.79 Å². The molecule has 4 nitrogen and oxygen atoms in total. The van der Waals surface area contributed by atoms with Gasteiger partial charge in [0, 0.05) is 12.2 Å². The molecule has 2 atom stereocenters. The number of hydrogen-bond acceptors (Lipinski definition) is 3. The van der Waals surface area contributed by atoms with Crippen LogP contribution in [0.5, 0.6) is 0 Å². The van der Waals surface area contributed by atoms with Crippen LogP contribution in [-0.4, -0.2) is 21.6 Å². The van der Waals surface area contributed by atoms with Crippen molar-refractivity contribution in [1.29, 1.82) is 0 Å². The van der Waals surface area contributed by atoms with Gasteiger partial charge in [0.25, 0.3) is 0 Å². The molecule has 0 fully saturated rings. The van der Waals surface area contributed by atoms with Crippen molar-refractivity contribution in [2.75, 3.05) is 0 Å². The standard InChI is InChI=1S/C13H23N3O/c1-4-6-12(14)13(17)9-11-7-8-16(15-11)10(3)5-2/h7-8,10,12H,4-6,9,14H2,1-3H3. The molecule has 4 heteroatoms. The zero-order valence-electron chi connectivity index (χ0n) is 11.0. The summed E-state index contributed by atoms with van der Waals surface area (Å²) in [6, 6.07) is 1.94. The second-order valence-electron chi connectivity index (χ2n) is 4.58. The first-order chi connectivity index (χ1) is 8.08. The van der Waals surface area contributed by atoms with E-state index in [9.17, 15) is 4.79 Å². The molecule has 0 aliphatic rings. The summed E-state index contributed by atoms with van der Waals surface area (Å²) in [5.41, 5.74) is 6.61. The number of carbonyl (C=O) groups excluding carboxylic acids is 1. The van der Waals surface area contributed by atoms with Crippen molar-refractivity contribution >= 4 is 5.78 Å². The summed E-state index contributed by atoms with van der Waals surface area (Å²) in [6.45, 7) is 6.26. The molecular weight excluding hydrogens is 214 g/mol. The van der Waals surface area contributed by atoms with E-state index < -0.39 is 0 Å². The topological polar surface area (TPSA) is 60.9 Å². The molecule has 0 bridgehead atoms. The van der Waals surface area contributed by atoms with Gasteiger partial charge in [-0.3, -0.25) is 9.48 Å². The SMILES string of the molecule is CCCC(N)C(=O)Cc1ccn(C(C)CC)n1. The molecule has 1 aromatic rings. The van der Waals surface area contributed by atoms with Gasteiger partial charge in [-0.2, -0.15) is 5.10 Å². The van der Waals surface area contributed by atoms with Gasteiger partial charge in [0.15, 0.2) is 5.78 Å². The molecule has 0 saturated heterocycles. The lowest BCUT2D eigenvalue weighted by Gasteiger charge is -2.09. The number of nitrogens with zero attached hydrogens (tertiary/aromatic N) is 2. The predicted octanol–water partition coefficient (Wildman–Crippen LogP) is 2.09. The third kappa shape index (κ3) is 3.97. The number of rotatable bonds is 7. The van der Waals surface area contributed by atoms with E-state index in [1.807, 2.05) is 23.9 Å². The minimum Gasteiger partial charge on any atom is -0.321 e. The summed E-state index contributed by atoms with van der Waals surface area (Å²) < 4.78 is 1.91. The van der Waals surface area contributed by atoms with E-state index in [1.165, 1.54) is 0 Å². The van der Waals surface area contributed by atoms with Crippen LogP contribution in [0, 0.1) is 0 Å². The maximum absolute atomic E-state index is 11.8. The van der Waals surface area contributed by atoms with E-state index in [4.69, 9.17) is 5.73 Å². The van der Waals surface area contributed by atoms with E-state index in [1.54, 1.807) is 0 Å². The van der Waals surface area contributed by atoms with Crippen LogP contribution in [0.4, 0.5) is 0 Å². The third-order valence-corrected chi connectivity index (χ3v) is 3.07. The molecule has 2 N–H and O–H groups in total. The highest BCUT2D eigenvalue weighted by molar-refractivity contribution is 5.85. The highest BCUT2D eigenvalue weighted by Crippen LogP contribution is 2.10. The molecule has 0 amide bonds. The van der Waals surface area contributed by atoms with Crippen molar-refractivity contribution in [1.82, 2.24) is 9.78 Å². The van der Waals surface area contributed by atoms with Crippen LogP contribution >= 0.6 is 0 Å². The lowest BCUT2D eigenvalue weighted by molar-refractivity contribution is -0.119. The Hall–Kier alpha value is -1.16. The fourth-order valence-electron chi connectivity index (χ4n) is 1.69. The number of aromatic nitrogens is 2. The summed E-state index contributed by atoms with van der Waals surface area (Å²) in [4.78, 5) is 11.8. The van der Waals surface area contributed by atoms with E-state index >= 15 is 0 Å². The van der Waals surface area contributed by atoms with Gasteiger partial charge in [-0.05, 0) is 25.8 Å². The number of carbonyl (C=O) groups is 1. The fourth-order valence-corrected chi connectivity index (χ4v) is 1.69. The van der Waals surface area contributed by atoms with Crippen molar-refractivity contribution in [3.63, 3.8) is 0 Å². The Bertz CT molecular complexity index is 359. The lowest BCUT2D eigenvalue weighted by atomic mass is 10.0. The number of nitrogens with two attached hydrogens (primary N) is 1. The first-order valence-corrected chi connectivity index (χ1v) is 6.40. The monoisotopic (exact) mass is 237 g/mol. The molecule has 0 aromatic carbocycles. The first kappa shape index (κ1) is 13.9. The summed E-state index contributed by atoms with van der Waals surface area (Å²) in [6.07, 6.45) is 5.01. The Labute approximate surface area is 103 Å². The normalized spacial score (nSPS) is 14.6. The van der Waals surface area contributed by atoms with Gasteiger partial charge in [-0.1, -0.05) is 20.3 Å². The van der Waals surface area contributed by atoms with Gasteiger partial charge in [-0.25, -0.2) is 0 Å². The summed E-state index contributed by atoms with van der Waals surface area (Å²) in [5, 5.41) is 4.40. The summed E-state index contributed by atoms with van der Waals surface area (Å²) in [5.74, 6) is 0.0845. The molecule has 1 aromatic heterocycles. The Morgan fingerprint density at radius 3 is 2.82 bits per heavy atom. The highest BCUT2D eigenvalue weighted by atomic mass is 16.1. The van der Waals surface area contributed by atoms with Crippen LogP contribution in [0.25, 0.3) is 0 Å². The van der Waals surface area contributed by atoms with Gasteiger partial charge in [-0.15, -0.1) is 0 Å². The molecule has 0 radical (unpaired) electrons. The average molecular weight is 237 g/mol. The Morgan fingerprint density at radius 1 is 1.53 bits per heavy atom.